The molecule has 0 unspecified atom stereocenters. The first kappa shape index (κ1) is 17.3. The van der Waals surface area contributed by atoms with Gasteiger partial charge in [0.2, 0.25) is 11.1 Å². The summed E-state index contributed by atoms with van der Waals surface area (Å²) in [6, 6.07) is 15.3. The lowest BCUT2D eigenvalue weighted by atomic mass is 10.1. The van der Waals surface area contributed by atoms with Crippen LogP contribution in [-0.4, -0.2) is 39.4 Å². The standard InChI is InChI=1S/C19H17N5O2S/c1-12(25)20-15-8-6-13(7-9-15)17-11-27-19-22-21-18(24(19)23-17)14-4-3-5-16(10-14)26-2/h3-10H,11H2,1-2H3,(H,20,25). The summed E-state index contributed by atoms with van der Waals surface area (Å²) in [6.07, 6.45) is 0. The number of methoxy groups -OCH3 is 1. The molecule has 0 saturated heterocycles. The molecule has 27 heavy (non-hydrogen) atoms. The predicted molar refractivity (Wildman–Crippen MR) is 105 cm³/mol. The maximum Gasteiger partial charge on any atom is 0.221 e. The lowest BCUT2D eigenvalue weighted by Gasteiger charge is -2.14. The Morgan fingerprint density at radius 3 is 2.70 bits per heavy atom. The van der Waals surface area contributed by atoms with Gasteiger partial charge in [0.1, 0.15) is 5.75 Å². The SMILES string of the molecule is COc1cccc(-c2nnc3n2N=C(c2ccc(NC(C)=O)cc2)CS3)c1. The van der Waals surface area contributed by atoms with Crippen molar-refractivity contribution in [2.75, 3.05) is 18.2 Å². The molecule has 136 valence electrons. The summed E-state index contributed by atoms with van der Waals surface area (Å²) in [5, 5.41) is 16.8. The molecular formula is C19H17N5O2S. The molecule has 3 aromatic rings. The van der Waals surface area contributed by atoms with Crippen LogP contribution in [0.3, 0.4) is 0 Å². The van der Waals surface area contributed by atoms with Gasteiger partial charge in [0.25, 0.3) is 0 Å². The first-order chi connectivity index (χ1) is 13.1. The van der Waals surface area contributed by atoms with Gasteiger partial charge < -0.3 is 10.1 Å². The van der Waals surface area contributed by atoms with Gasteiger partial charge >= 0.3 is 0 Å². The number of carbonyl (C=O) groups is 1. The predicted octanol–water partition coefficient (Wildman–Crippen LogP) is 3.27. The number of rotatable bonds is 4. The minimum Gasteiger partial charge on any atom is -0.497 e. The molecule has 4 rings (SSSR count). The summed E-state index contributed by atoms with van der Waals surface area (Å²) in [6.45, 7) is 1.49. The molecule has 1 amide bonds. The Balaban J connectivity index is 1.68. The molecule has 0 aliphatic carbocycles. The zero-order valence-electron chi connectivity index (χ0n) is 14.8. The first-order valence-electron chi connectivity index (χ1n) is 8.32. The van der Waals surface area contributed by atoms with Crippen LogP contribution < -0.4 is 10.1 Å². The van der Waals surface area contributed by atoms with Crippen molar-refractivity contribution in [2.24, 2.45) is 5.10 Å². The van der Waals surface area contributed by atoms with E-state index in [0.29, 0.717) is 11.6 Å². The highest BCUT2D eigenvalue weighted by molar-refractivity contribution is 7.99. The molecule has 0 atom stereocenters. The number of hydrogen-bond donors (Lipinski definition) is 1. The molecule has 2 aromatic carbocycles. The van der Waals surface area contributed by atoms with Gasteiger partial charge in [0, 0.05) is 23.9 Å². The molecule has 1 aliphatic heterocycles. The molecule has 2 heterocycles. The number of amides is 1. The number of carbonyl (C=O) groups excluding carboxylic acids is 1. The van der Waals surface area contributed by atoms with E-state index >= 15 is 0 Å². The number of nitrogens with zero attached hydrogens (tertiary/aromatic N) is 4. The summed E-state index contributed by atoms with van der Waals surface area (Å²) in [5.41, 5.74) is 3.57. The van der Waals surface area contributed by atoms with Crippen molar-refractivity contribution < 1.29 is 9.53 Å². The Morgan fingerprint density at radius 2 is 1.96 bits per heavy atom. The monoisotopic (exact) mass is 379 g/mol. The molecule has 1 N–H and O–H groups in total. The van der Waals surface area contributed by atoms with Gasteiger partial charge in [0.15, 0.2) is 5.82 Å². The molecule has 1 aromatic heterocycles. The molecule has 0 radical (unpaired) electrons. The van der Waals surface area contributed by atoms with Crippen LogP contribution in [0, 0.1) is 0 Å². The molecular weight excluding hydrogens is 362 g/mol. The average molecular weight is 379 g/mol. The highest BCUT2D eigenvalue weighted by Gasteiger charge is 2.21. The minimum absolute atomic E-state index is 0.0922. The van der Waals surface area contributed by atoms with E-state index in [0.717, 1.165) is 33.4 Å². The van der Waals surface area contributed by atoms with Crippen molar-refractivity contribution in [3.8, 4) is 17.1 Å². The first-order valence-corrected chi connectivity index (χ1v) is 9.31. The molecule has 0 bridgehead atoms. The lowest BCUT2D eigenvalue weighted by molar-refractivity contribution is -0.114. The number of fused-ring (bicyclic) bond motifs is 1. The van der Waals surface area contributed by atoms with E-state index in [1.807, 2.05) is 48.5 Å². The minimum atomic E-state index is -0.0922. The Kier molecular flexibility index (Phi) is 4.64. The Bertz CT molecular complexity index is 1030. The summed E-state index contributed by atoms with van der Waals surface area (Å²) >= 11 is 1.59. The van der Waals surface area contributed by atoms with E-state index in [9.17, 15) is 4.79 Å². The molecule has 0 saturated carbocycles. The van der Waals surface area contributed by atoms with Crippen LogP contribution in [0.15, 0.2) is 58.8 Å². The van der Waals surface area contributed by atoms with Crippen molar-refractivity contribution >= 4 is 29.1 Å². The Hall–Kier alpha value is -3.13. The fourth-order valence-electron chi connectivity index (χ4n) is 2.76. The maximum atomic E-state index is 11.2. The smallest absolute Gasteiger partial charge is 0.221 e. The van der Waals surface area contributed by atoms with Gasteiger partial charge in [0.05, 0.1) is 12.8 Å². The van der Waals surface area contributed by atoms with Crippen LogP contribution in [-0.2, 0) is 4.79 Å². The number of aromatic nitrogens is 3. The van der Waals surface area contributed by atoms with Crippen molar-refractivity contribution in [1.29, 1.82) is 0 Å². The maximum absolute atomic E-state index is 11.2. The number of hydrogen-bond acceptors (Lipinski definition) is 6. The normalized spacial score (nSPS) is 12.9. The summed E-state index contributed by atoms with van der Waals surface area (Å²) < 4.78 is 7.06. The fourth-order valence-corrected chi connectivity index (χ4v) is 3.60. The zero-order valence-corrected chi connectivity index (χ0v) is 15.7. The van der Waals surface area contributed by atoms with Crippen molar-refractivity contribution in [1.82, 2.24) is 14.9 Å². The lowest BCUT2D eigenvalue weighted by Crippen LogP contribution is -2.14. The van der Waals surface area contributed by atoms with Gasteiger partial charge in [-0.1, -0.05) is 36.0 Å². The molecule has 0 spiro atoms. The van der Waals surface area contributed by atoms with E-state index < -0.39 is 0 Å². The number of thioether (sulfide) groups is 1. The molecule has 7 nitrogen and oxygen atoms in total. The molecule has 0 fully saturated rings. The summed E-state index contributed by atoms with van der Waals surface area (Å²) in [5.74, 6) is 2.04. The fraction of sp³-hybridized carbons (Fsp3) is 0.158. The summed E-state index contributed by atoms with van der Waals surface area (Å²) in [7, 11) is 1.63. The van der Waals surface area contributed by atoms with E-state index in [1.165, 1.54) is 6.92 Å². The van der Waals surface area contributed by atoms with Crippen LogP contribution in [0.5, 0.6) is 5.75 Å². The second kappa shape index (κ2) is 7.24. The van der Waals surface area contributed by atoms with Crippen molar-refractivity contribution in [3.05, 3.63) is 54.1 Å². The van der Waals surface area contributed by atoms with E-state index in [-0.39, 0.29) is 5.91 Å². The van der Waals surface area contributed by atoms with Crippen LogP contribution in [0.4, 0.5) is 5.69 Å². The van der Waals surface area contributed by atoms with Crippen LogP contribution in [0.1, 0.15) is 12.5 Å². The van der Waals surface area contributed by atoms with Gasteiger partial charge in [-0.25, -0.2) is 0 Å². The number of anilines is 1. The van der Waals surface area contributed by atoms with E-state index in [1.54, 1.807) is 23.5 Å². The highest BCUT2D eigenvalue weighted by atomic mass is 32.2. The third-order valence-corrected chi connectivity index (χ3v) is 4.97. The topological polar surface area (TPSA) is 81.4 Å². The third kappa shape index (κ3) is 3.56. The van der Waals surface area contributed by atoms with Gasteiger partial charge in [-0.2, -0.15) is 9.78 Å². The molecule has 8 heteroatoms. The van der Waals surface area contributed by atoms with Crippen LogP contribution >= 0.6 is 11.8 Å². The van der Waals surface area contributed by atoms with E-state index in [4.69, 9.17) is 9.84 Å². The quantitative estimate of drug-likeness (QED) is 0.752. The average Bonchev–Trinajstić information content (AvgIpc) is 3.11. The Labute approximate surface area is 160 Å². The third-order valence-electron chi connectivity index (χ3n) is 4.04. The highest BCUT2D eigenvalue weighted by Crippen LogP contribution is 2.30. The Morgan fingerprint density at radius 1 is 1.15 bits per heavy atom. The largest absolute Gasteiger partial charge is 0.497 e. The van der Waals surface area contributed by atoms with Gasteiger partial charge in [-0.3, -0.25) is 4.79 Å². The number of ether oxygens (including phenoxy) is 1. The van der Waals surface area contributed by atoms with Crippen LogP contribution in [0.25, 0.3) is 11.4 Å². The van der Waals surface area contributed by atoms with Crippen molar-refractivity contribution in [3.63, 3.8) is 0 Å². The second-order valence-corrected chi connectivity index (χ2v) is 6.89. The second-order valence-electron chi connectivity index (χ2n) is 5.94. The number of benzene rings is 2. The van der Waals surface area contributed by atoms with Crippen molar-refractivity contribution in [2.45, 2.75) is 12.1 Å². The van der Waals surface area contributed by atoms with Gasteiger partial charge in [-0.05, 0) is 29.8 Å². The van der Waals surface area contributed by atoms with Gasteiger partial charge in [-0.15, -0.1) is 10.2 Å². The zero-order chi connectivity index (χ0) is 18.8. The number of nitrogens with one attached hydrogen (secondary N) is 1. The summed E-state index contributed by atoms with van der Waals surface area (Å²) in [4.78, 5) is 11.2. The van der Waals surface area contributed by atoms with Crippen LogP contribution in [0.2, 0.25) is 0 Å². The van der Waals surface area contributed by atoms with E-state index in [2.05, 4.69) is 15.5 Å². The molecule has 1 aliphatic rings.